The van der Waals surface area contributed by atoms with E-state index in [0.29, 0.717) is 23.7 Å². The number of hydrogen-bond acceptors (Lipinski definition) is 3. The van der Waals surface area contributed by atoms with Crippen LogP contribution >= 0.6 is 11.6 Å². The van der Waals surface area contributed by atoms with Crippen molar-refractivity contribution >= 4 is 17.5 Å². The number of pyridine rings is 1. The summed E-state index contributed by atoms with van der Waals surface area (Å²) in [6.45, 7) is 4.43. The molecule has 0 spiro atoms. The van der Waals surface area contributed by atoms with Gasteiger partial charge in [-0.2, -0.15) is 0 Å². The van der Waals surface area contributed by atoms with E-state index in [0.717, 1.165) is 18.5 Å². The number of halogens is 1. The van der Waals surface area contributed by atoms with Crippen molar-refractivity contribution in [2.45, 2.75) is 25.8 Å². The standard InChI is InChI=1S/C21H26ClN3O2/c1-23(11-6-14-24-12-4-5-13-24)21(27)18-9-10-20(26)25(16-18)15-17-7-2-3-8-19(17)22/h2-3,7-10,16H,4-6,11-15H2,1H3. The summed E-state index contributed by atoms with van der Waals surface area (Å²) < 4.78 is 1.53. The van der Waals surface area contributed by atoms with E-state index in [1.54, 1.807) is 23.2 Å². The first-order valence-corrected chi connectivity index (χ1v) is 9.84. The third-order valence-electron chi connectivity index (χ3n) is 5.04. The normalized spacial score (nSPS) is 14.4. The van der Waals surface area contributed by atoms with Gasteiger partial charge in [-0.15, -0.1) is 0 Å². The Morgan fingerprint density at radius 1 is 1.15 bits per heavy atom. The molecule has 0 aliphatic carbocycles. The van der Waals surface area contributed by atoms with Crippen molar-refractivity contribution in [3.63, 3.8) is 0 Å². The van der Waals surface area contributed by atoms with Gasteiger partial charge in [-0.25, -0.2) is 0 Å². The summed E-state index contributed by atoms with van der Waals surface area (Å²) in [4.78, 5) is 29.1. The smallest absolute Gasteiger partial charge is 0.255 e. The molecule has 1 aliphatic rings. The van der Waals surface area contributed by atoms with E-state index >= 15 is 0 Å². The van der Waals surface area contributed by atoms with Gasteiger partial charge in [0, 0.05) is 30.9 Å². The van der Waals surface area contributed by atoms with Crippen LogP contribution in [0.25, 0.3) is 0 Å². The molecule has 1 aromatic heterocycles. The van der Waals surface area contributed by atoms with Crippen LogP contribution < -0.4 is 5.56 Å². The van der Waals surface area contributed by atoms with Gasteiger partial charge in [-0.3, -0.25) is 9.59 Å². The van der Waals surface area contributed by atoms with Crippen LogP contribution in [0, 0.1) is 0 Å². The quantitative estimate of drug-likeness (QED) is 0.733. The predicted octanol–water partition coefficient (Wildman–Crippen LogP) is 3.11. The monoisotopic (exact) mass is 387 g/mol. The number of benzene rings is 1. The van der Waals surface area contributed by atoms with Gasteiger partial charge in [0.15, 0.2) is 0 Å². The summed E-state index contributed by atoms with van der Waals surface area (Å²) >= 11 is 6.20. The van der Waals surface area contributed by atoms with E-state index < -0.39 is 0 Å². The number of rotatable bonds is 7. The molecule has 144 valence electrons. The summed E-state index contributed by atoms with van der Waals surface area (Å²) in [5, 5.41) is 0.611. The lowest BCUT2D eigenvalue weighted by atomic mass is 10.2. The number of aromatic nitrogens is 1. The van der Waals surface area contributed by atoms with Gasteiger partial charge in [0.2, 0.25) is 0 Å². The topological polar surface area (TPSA) is 45.6 Å². The minimum atomic E-state index is -0.150. The summed E-state index contributed by atoms with van der Waals surface area (Å²) in [7, 11) is 1.82. The molecule has 2 aromatic rings. The van der Waals surface area contributed by atoms with Gasteiger partial charge in [0.05, 0.1) is 12.1 Å². The summed E-state index contributed by atoms with van der Waals surface area (Å²) in [5.41, 5.74) is 1.22. The molecule has 5 nitrogen and oxygen atoms in total. The molecule has 1 fully saturated rings. The molecule has 1 aliphatic heterocycles. The number of carbonyl (C=O) groups is 1. The lowest BCUT2D eigenvalue weighted by Gasteiger charge is -2.20. The molecule has 1 aromatic carbocycles. The Labute approximate surface area is 165 Å². The van der Waals surface area contributed by atoms with Crippen molar-refractivity contribution < 1.29 is 4.79 Å². The van der Waals surface area contributed by atoms with Crippen molar-refractivity contribution in [1.82, 2.24) is 14.4 Å². The highest BCUT2D eigenvalue weighted by atomic mass is 35.5. The second kappa shape index (κ2) is 9.20. The molecule has 6 heteroatoms. The maximum atomic E-state index is 12.7. The minimum Gasteiger partial charge on any atom is -0.342 e. The van der Waals surface area contributed by atoms with Crippen LogP contribution in [-0.4, -0.2) is 53.5 Å². The molecule has 0 saturated carbocycles. The van der Waals surface area contributed by atoms with Crippen LogP contribution in [0.5, 0.6) is 0 Å². The van der Waals surface area contributed by atoms with E-state index in [4.69, 9.17) is 11.6 Å². The molecule has 1 amide bonds. The summed E-state index contributed by atoms with van der Waals surface area (Å²) in [6, 6.07) is 10.5. The first kappa shape index (κ1) is 19.6. The highest BCUT2D eigenvalue weighted by molar-refractivity contribution is 6.31. The lowest BCUT2D eigenvalue weighted by Crippen LogP contribution is -2.32. The molecule has 3 rings (SSSR count). The van der Waals surface area contributed by atoms with Gasteiger partial charge in [-0.1, -0.05) is 29.8 Å². The number of hydrogen-bond donors (Lipinski definition) is 0. The summed E-state index contributed by atoms with van der Waals surface area (Å²) in [5.74, 6) is -0.0654. The van der Waals surface area contributed by atoms with Crippen LogP contribution in [0.3, 0.4) is 0 Å². The Bertz CT molecular complexity index is 843. The van der Waals surface area contributed by atoms with Crippen LogP contribution in [-0.2, 0) is 6.54 Å². The molecular formula is C21H26ClN3O2. The lowest BCUT2D eigenvalue weighted by molar-refractivity contribution is 0.0788. The van der Waals surface area contributed by atoms with Gasteiger partial charge in [0.1, 0.15) is 0 Å². The number of nitrogens with zero attached hydrogens (tertiary/aromatic N) is 3. The van der Waals surface area contributed by atoms with E-state index in [2.05, 4.69) is 4.90 Å². The Balaban J connectivity index is 1.64. The third-order valence-corrected chi connectivity index (χ3v) is 5.41. The van der Waals surface area contributed by atoms with Crippen LogP contribution in [0.1, 0.15) is 35.2 Å². The third kappa shape index (κ3) is 5.21. The Hall–Kier alpha value is -2.11. The average Bonchev–Trinajstić information content (AvgIpc) is 3.18. The maximum absolute atomic E-state index is 12.7. The molecule has 1 saturated heterocycles. The SMILES string of the molecule is CN(CCCN1CCCC1)C(=O)c1ccc(=O)n(Cc2ccccc2Cl)c1. The van der Waals surface area contributed by atoms with Crippen molar-refractivity contribution in [1.29, 1.82) is 0 Å². The van der Waals surface area contributed by atoms with Crippen molar-refractivity contribution in [2.24, 2.45) is 0 Å². The van der Waals surface area contributed by atoms with Crippen molar-refractivity contribution in [3.8, 4) is 0 Å². The van der Waals surface area contributed by atoms with Gasteiger partial charge in [0.25, 0.3) is 11.5 Å². The van der Waals surface area contributed by atoms with E-state index in [9.17, 15) is 9.59 Å². The maximum Gasteiger partial charge on any atom is 0.255 e. The Morgan fingerprint density at radius 3 is 2.63 bits per heavy atom. The fourth-order valence-electron chi connectivity index (χ4n) is 3.45. The molecule has 27 heavy (non-hydrogen) atoms. The van der Waals surface area contributed by atoms with Crippen LogP contribution in [0.4, 0.5) is 0 Å². The molecule has 0 radical (unpaired) electrons. The number of likely N-dealkylation sites (tertiary alicyclic amines) is 1. The second-order valence-corrected chi connectivity index (χ2v) is 7.51. The zero-order valence-electron chi connectivity index (χ0n) is 15.7. The van der Waals surface area contributed by atoms with E-state index in [1.165, 1.54) is 36.6 Å². The zero-order valence-corrected chi connectivity index (χ0v) is 16.5. The Morgan fingerprint density at radius 2 is 1.89 bits per heavy atom. The zero-order chi connectivity index (χ0) is 19.2. The molecule has 0 N–H and O–H groups in total. The first-order chi connectivity index (χ1) is 13.0. The predicted molar refractivity (Wildman–Crippen MR) is 109 cm³/mol. The largest absolute Gasteiger partial charge is 0.342 e. The molecule has 2 heterocycles. The first-order valence-electron chi connectivity index (χ1n) is 9.46. The average molecular weight is 388 g/mol. The number of amides is 1. The highest BCUT2D eigenvalue weighted by Crippen LogP contribution is 2.16. The van der Waals surface area contributed by atoms with Gasteiger partial charge < -0.3 is 14.4 Å². The molecule has 0 unspecified atom stereocenters. The van der Waals surface area contributed by atoms with Gasteiger partial charge >= 0.3 is 0 Å². The van der Waals surface area contributed by atoms with Gasteiger partial charge in [-0.05, 0) is 56.6 Å². The fraction of sp³-hybridized carbons (Fsp3) is 0.429. The highest BCUT2D eigenvalue weighted by Gasteiger charge is 2.15. The van der Waals surface area contributed by atoms with Crippen molar-refractivity contribution in [3.05, 3.63) is 69.1 Å². The second-order valence-electron chi connectivity index (χ2n) is 7.10. The van der Waals surface area contributed by atoms with Crippen LogP contribution in [0.2, 0.25) is 5.02 Å². The minimum absolute atomic E-state index is 0.0654. The molecule has 0 atom stereocenters. The van der Waals surface area contributed by atoms with Crippen LogP contribution in [0.15, 0.2) is 47.4 Å². The Kier molecular flexibility index (Phi) is 6.69. The number of carbonyl (C=O) groups excluding carboxylic acids is 1. The summed E-state index contributed by atoms with van der Waals surface area (Å²) in [6.07, 6.45) is 5.15. The fourth-order valence-corrected chi connectivity index (χ4v) is 3.65. The van der Waals surface area contributed by atoms with Crippen molar-refractivity contribution in [2.75, 3.05) is 33.2 Å². The molecule has 0 bridgehead atoms. The molecular weight excluding hydrogens is 362 g/mol. The van der Waals surface area contributed by atoms with E-state index in [1.807, 2.05) is 25.2 Å². The van der Waals surface area contributed by atoms with E-state index in [-0.39, 0.29) is 11.5 Å².